The van der Waals surface area contributed by atoms with Gasteiger partial charge in [-0.2, -0.15) is 5.26 Å². The lowest BCUT2D eigenvalue weighted by atomic mass is 9.98. The highest BCUT2D eigenvalue weighted by molar-refractivity contribution is 7.15. The van der Waals surface area contributed by atoms with Crippen molar-refractivity contribution in [2.75, 3.05) is 0 Å². The molecule has 8 heteroatoms. The summed E-state index contributed by atoms with van der Waals surface area (Å²) >= 11 is 1.64. The number of benzene rings is 2. The Balaban J connectivity index is 1.57. The summed E-state index contributed by atoms with van der Waals surface area (Å²) in [7, 11) is 0. The third-order valence-corrected chi connectivity index (χ3v) is 7.47. The molecule has 0 amide bonds. The Morgan fingerprint density at radius 2 is 1.86 bits per heavy atom. The van der Waals surface area contributed by atoms with Gasteiger partial charge in [0.25, 0.3) is 0 Å². The molecule has 0 spiro atoms. The van der Waals surface area contributed by atoms with Crippen LogP contribution in [0.1, 0.15) is 62.4 Å². The van der Waals surface area contributed by atoms with Crippen molar-refractivity contribution in [3.63, 3.8) is 0 Å². The van der Waals surface area contributed by atoms with Crippen molar-refractivity contribution in [3.05, 3.63) is 98.4 Å². The molecule has 4 aromatic rings. The van der Waals surface area contributed by atoms with Crippen LogP contribution in [-0.4, -0.2) is 31.6 Å². The number of carboxylic acids is 1. The van der Waals surface area contributed by atoms with E-state index in [4.69, 9.17) is 10.3 Å². The maximum atomic E-state index is 11.7. The Kier molecular flexibility index (Phi) is 6.08. The molecule has 2 aromatic heterocycles. The summed E-state index contributed by atoms with van der Waals surface area (Å²) in [6.07, 6.45) is 3.80. The number of carbonyl (C=O) groups is 1. The Labute approximate surface area is 212 Å². The van der Waals surface area contributed by atoms with Crippen LogP contribution in [0.2, 0.25) is 0 Å². The van der Waals surface area contributed by atoms with E-state index in [1.165, 1.54) is 4.88 Å². The number of carboxylic acid groups (broad SMARTS) is 1. The molecule has 0 unspecified atom stereocenters. The van der Waals surface area contributed by atoms with Crippen molar-refractivity contribution < 1.29 is 9.90 Å². The molecule has 5 rings (SSSR count). The van der Waals surface area contributed by atoms with E-state index >= 15 is 0 Å². The van der Waals surface area contributed by atoms with Crippen LogP contribution in [0.4, 0.5) is 0 Å². The lowest BCUT2D eigenvalue weighted by Gasteiger charge is -2.11. The molecular formula is C28H23N5O2S. The molecule has 178 valence electrons. The third-order valence-electron chi connectivity index (χ3n) is 6.28. The summed E-state index contributed by atoms with van der Waals surface area (Å²) in [5.41, 5.74) is 6.36. The fourth-order valence-electron chi connectivity index (χ4n) is 4.35. The molecule has 0 aliphatic carbocycles. The lowest BCUT2D eigenvalue weighted by Crippen LogP contribution is -2.10. The molecule has 0 saturated carbocycles. The van der Waals surface area contributed by atoms with Gasteiger partial charge >= 0.3 is 5.97 Å². The highest BCUT2D eigenvalue weighted by atomic mass is 32.1. The molecular weight excluding hydrogens is 470 g/mol. The van der Waals surface area contributed by atoms with Gasteiger partial charge in [-0.1, -0.05) is 48.6 Å². The van der Waals surface area contributed by atoms with Crippen LogP contribution in [0.3, 0.4) is 0 Å². The van der Waals surface area contributed by atoms with E-state index in [1.54, 1.807) is 17.4 Å². The molecule has 0 bridgehead atoms. The molecule has 3 heterocycles. The van der Waals surface area contributed by atoms with E-state index in [0.29, 0.717) is 17.2 Å². The molecule has 1 aliphatic heterocycles. The van der Waals surface area contributed by atoms with Gasteiger partial charge in [-0.15, -0.1) is 21.5 Å². The van der Waals surface area contributed by atoms with Crippen LogP contribution in [0, 0.1) is 32.1 Å². The van der Waals surface area contributed by atoms with E-state index in [1.807, 2.05) is 66.1 Å². The van der Waals surface area contributed by atoms with Crippen LogP contribution < -0.4 is 0 Å². The molecule has 0 radical (unpaired) electrons. The summed E-state index contributed by atoms with van der Waals surface area (Å²) in [4.78, 5) is 17.8. The van der Waals surface area contributed by atoms with Gasteiger partial charge in [0.1, 0.15) is 16.9 Å². The topological polar surface area (TPSA) is 104 Å². The average Bonchev–Trinajstić information content (AvgIpc) is 3.35. The maximum absolute atomic E-state index is 11.7. The smallest absolute Gasteiger partial charge is 0.306 e. The van der Waals surface area contributed by atoms with Crippen LogP contribution in [0.25, 0.3) is 17.2 Å². The number of aryl methyl sites for hydroxylation is 2. The number of nitriles is 1. The first-order valence-corrected chi connectivity index (χ1v) is 12.3. The van der Waals surface area contributed by atoms with Crippen molar-refractivity contribution in [1.29, 1.82) is 5.26 Å². The number of aromatic nitrogens is 3. The first-order valence-electron chi connectivity index (χ1n) is 11.5. The summed E-state index contributed by atoms with van der Waals surface area (Å²) in [6.45, 7) is 6.03. The molecule has 1 N–H and O–H groups in total. The van der Waals surface area contributed by atoms with Crippen molar-refractivity contribution >= 4 is 35.2 Å². The number of aliphatic imine (C=N–C) groups is 1. The number of rotatable bonds is 5. The minimum Gasteiger partial charge on any atom is -0.481 e. The number of aliphatic carboxylic acids is 1. The summed E-state index contributed by atoms with van der Waals surface area (Å²) in [5, 5.41) is 28.2. The van der Waals surface area contributed by atoms with Crippen LogP contribution >= 0.6 is 11.3 Å². The highest BCUT2D eigenvalue weighted by Crippen LogP contribution is 2.39. The molecule has 0 fully saturated rings. The number of nitrogens with zero attached hydrogens (tertiary/aromatic N) is 5. The summed E-state index contributed by atoms with van der Waals surface area (Å²) < 4.78 is 1.95. The van der Waals surface area contributed by atoms with Crippen LogP contribution in [0.15, 0.2) is 53.5 Å². The normalized spacial score (nSPS) is 14.6. The van der Waals surface area contributed by atoms with Crippen molar-refractivity contribution in [3.8, 4) is 11.1 Å². The second-order valence-corrected chi connectivity index (χ2v) is 9.89. The van der Waals surface area contributed by atoms with Crippen molar-refractivity contribution in [2.45, 2.75) is 33.2 Å². The number of thiophene rings is 1. The summed E-state index contributed by atoms with van der Waals surface area (Å²) in [6, 6.07) is 17.0. The van der Waals surface area contributed by atoms with Gasteiger partial charge in [-0.25, -0.2) is 0 Å². The minimum absolute atomic E-state index is 0.169. The van der Waals surface area contributed by atoms with E-state index < -0.39 is 12.0 Å². The lowest BCUT2D eigenvalue weighted by molar-refractivity contribution is -0.137. The Morgan fingerprint density at radius 1 is 1.11 bits per heavy atom. The second-order valence-electron chi connectivity index (χ2n) is 8.69. The van der Waals surface area contributed by atoms with Gasteiger partial charge in [0, 0.05) is 16.0 Å². The fraction of sp³-hybridized carbons (Fsp3) is 0.179. The van der Waals surface area contributed by atoms with Gasteiger partial charge in [-0.3, -0.25) is 14.4 Å². The van der Waals surface area contributed by atoms with Crippen molar-refractivity contribution in [2.24, 2.45) is 4.99 Å². The zero-order chi connectivity index (χ0) is 25.4. The second kappa shape index (κ2) is 9.36. The van der Waals surface area contributed by atoms with Crippen LogP contribution in [0.5, 0.6) is 0 Å². The summed E-state index contributed by atoms with van der Waals surface area (Å²) in [5.74, 6) is 0.321. The molecule has 36 heavy (non-hydrogen) atoms. The Bertz CT molecular complexity index is 1590. The zero-order valence-corrected chi connectivity index (χ0v) is 20.9. The largest absolute Gasteiger partial charge is 0.481 e. The molecule has 1 aliphatic rings. The van der Waals surface area contributed by atoms with Crippen LogP contribution in [-0.2, 0) is 4.79 Å². The maximum Gasteiger partial charge on any atom is 0.306 e. The van der Waals surface area contributed by atoms with Gasteiger partial charge in [0.2, 0.25) is 0 Å². The zero-order valence-electron chi connectivity index (χ0n) is 20.1. The Hall–Kier alpha value is -4.35. The van der Waals surface area contributed by atoms with Gasteiger partial charge < -0.3 is 5.11 Å². The number of hydrogen-bond donors (Lipinski definition) is 1. The molecule has 7 nitrogen and oxygen atoms in total. The van der Waals surface area contributed by atoms with E-state index in [9.17, 15) is 9.90 Å². The minimum atomic E-state index is -0.936. The molecule has 1 atom stereocenters. The molecule has 0 saturated heterocycles. The average molecular weight is 494 g/mol. The standard InChI is InChI=1S/C28H23N5O2S/c1-16-17(2)36-28-25(16)26(30-23(14-24(34)35)27-32-31-18(3)33(27)28)22-11-9-19(10-12-22)7-8-20-5-4-6-21(13-20)15-29/h4-13,23H,14H2,1-3H3,(H,34,35)/b8-7+/t23-/m0/s1. The van der Waals surface area contributed by atoms with Gasteiger partial charge in [0.05, 0.1) is 23.8 Å². The van der Waals surface area contributed by atoms with Gasteiger partial charge in [-0.05, 0) is 49.6 Å². The van der Waals surface area contributed by atoms with E-state index in [2.05, 4.69) is 30.1 Å². The van der Waals surface area contributed by atoms with E-state index in [-0.39, 0.29) is 6.42 Å². The van der Waals surface area contributed by atoms with Gasteiger partial charge in [0.15, 0.2) is 5.82 Å². The SMILES string of the molecule is Cc1sc2c(c1C)C(c1ccc(/C=C/c3cccc(C#N)c3)cc1)=N[C@@H](CC(=O)O)c1nnc(C)n1-2. The highest BCUT2D eigenvalue weighted by Gasteiger charge is 2.32. The number of fused-ring (bicyclic) bond motifs is 3. The predicted molar refractivity (Wildman–Crippen MR) is 141 cm³/mol. The van der Waals surface area contributed by atoms with E-state index in [0.717, 1.165) is 38.5 Å². The number of hydrogen-bond acceptors (Lipinski definition) is 6. The van der Waals surface area contributed by atoms with Crippen molar-refractivity contribution in [1.82, 2.24) is 14.8 Å². The quantitative estimate of drug-likeness (QED) is 0.361. The first kappa shape index (κ1) is 23.4. The Morgan fingerprint density at radius 3 is 2.58 bits per heavy atom. The third kappa shape index (κ3) is 4.25. The predicted octanol–water partition coefficient (Wildman–Crippen LogP) is 5.66. The fourth-order valence-corrected chi connectivity index (χ4v) is 5.56. The monoisotopic (exact) mass is 493 g/mol. The molecule has 2 aromatic carbocycles. The first-order chi connectivity index (χ1) is 17.4.